The number of hydrogen-bond donors (Lipinski definition) is 2. The van der Waals surface area contributed by atoms with E-state index in [0.717, 1.165) is 12.1 Å². The molecule has 3 rings (SSSR count). The fraction of sp³-hybridized carbons (Fsp3) is 0.167. The van der Waals surface area contributed by atoms with Gasteiger partial charge in [-0.15, -0.1) is 0 Å². The first kappa shape index (κ1) is 22.0. The van der Waals surface area contributed by atoms with Gasteiger partial charge < -0.3 is 10.1 Å². The van der Waals surface area contributed by atoms with Gasteiger partial charge in [-0.25, -0.2) is 22.9 Å². The molecule has 3 aromatic rings. The second kappa shape index (κ2) is 8.95. The van der Waals surface area contributed by atoms with Gasteiger partial charge in [-0.1, -0.05) is 11.3 Å². The highest BCUT2D eigenvalue weighted by atomic mass is 32.1. The summed E-state index contributed by atoms with van der Waals surface area (Å²) in [6, 6.07) is 4.39. The molecule has 0 unspecified atom stereocenters. The number of rotatable bonds is 7. The van der Waals surface area contributed by atoms with Gasteiger partial charge in [-0.2, -0.15) is 0 Å². The number of nitrogens with one attached hydrogen (secondary N) is 2. The van der Waals surface area contributed by atoms with Gasteiger partial charge in [0.15, 0.2) is 29.2 Å². The Morgan fingerprint density at radius 2 is 1.97 bits per heavy atom. The van der Waals surface area contributed by atoms with E-state index in [0.29, 0.717) is 17.9 Å². The minimum atomic E-state index is -1.68. The fourth-order valence-corrected chi connectivity index (χ4v) is 3.45. The highest BCUT2D eigenvalue weighted by Crippen LogP contribution is 2.30. The first-order valence-electron chi connectivity index (χ1n) is 8.64. The van der Waals surface area contributed by atoms with Crippen LogP contribution in [0.5, 0.6) is 0 Å². The van der Waals surface area contributed by atoms with Crippen molar-refractivity contribution in [1.29, 1.82) is 0 Å². The molecule has 0 atom stereocenters. The van der Waals surface area contributed by atoms with Crippen LogP contribution in [0.25, 0.3) is 10.2 Å². The maximum Gasteiger partial charge on any atom is 0.338 e. The number of hydrogen-bond acceptors (Lipinski definition) is 8. The van der Waals surface area contributed by atoms with Crippen molar-refractivity contribution in [3.63, 3.8) is 0 Å². The summed E-state index contributed by atoms with van der Waals surface area (Å²) < 4.78 is 45.0. The number of carbonyl (C=O) groups excluding carboxylic acids is 2. The molecule has 0 radical (unpaired) electrons. The zero-order chi connectivity index (χ0) is 22.7. The molecule has 1 heterocycles. The van der Waals surface area contributed by atoms with Gasteiger partial charge in [0.1, 0.15) is 11.2 Å². The number of anilines is 2. The van der Waals surface area contributed by atoms with E-state index in [1.807, 2.05) is 0 Å². The van der Waals surface area contributed by atoms with Crippen molar-refractivity contribution >= 4 is 49.9 Å². The molecule has 162 valence electrons. The molecular weight excluding hydrogens is 441 g/mol. The van der Waals surface area contributed by atoms with Gasteiger partial charge in [0.25, 0.3) is 11.6 Å². The molecule has 1 amide bonds. The maximum absolute atomic E-state index is 13.7. The third kappa shape index (κ3) is 4.71. The summed E-state index contributed by atoms with van der Waals surface area (Å²) in [5, 5.41) is 16.0. The molecule has 0 bridgehead atoms. The van der Waals surface area contributed by atoms with Crippen LogP contribution in [0.1, 0.15) is 17.3 Å². The van der Waals surface area contributed by atoms with E-state index < -0.39 is 46.4 Å². The Morgan fingerprint density at radius 1 is 1.23 bits per heavy atom. The number of aromatic nitrogens is 1. The van der Waals surface area contributed by atoms with E-state index in [-0.39, 0.29) is 26.8 Å². The van der Waals surface area contributed by atoms with Crippen molar-refractivity contribution in [1.82, 2.24) is 4.98 Å². The Hall–Kier alpha value is -3.74. The molecule has 2 N–H and O–H groups in total. The quantitative estimate of drug-likeness (QED) is 0.241. The predicted octanol–water partition coefficient (Wildman–Crippen LogP) is 3.85. The number of thiazole rings is 1. The molecule has 31 heavy (non-hydrogen) atoms. The van der Waals surface area contributed by atoms with E-state index in [4.69, 9.17) is 4.74 Å². The number of nitro groups is 1. The van der Waals surface area contributed by atoms with Crippen molar-refractivity contribution in [2.45, 2.75) is 6.92 Å². The lowest BCUT2D eigenvalue weighted by Crippen LogP contribution is -2.21. The van der Waals surface area contributed by atoms with E-state index >= 15 is 0 Å². The Kier molecular flexibility index (Phi) is 6.34. The molecule has 0 saturated heterocycles. The molecule has 0 saturated carbocycles. The Balaban J connectivity index is 1.66. The summed E-state index contributed by atoms with van der Waals surface area (Å²) in [4.78, 5) is 38.3. The predicted molar refractivity (Wildman–Crippen MR) is 106 cm³/mol. The molecule has 0 aliphatic heterocycles. The van der Waals surface area contributed by atoms with Crippen molar-refractivity contribution < 1.29 is 32.4 Å². The van der Waals surface area contributed by atoms with Gasteiger partial charge in [0, 0.05) is 12.6 Å². The number of fused-ring (bicyclic) bond motifs is 1. The average Bonchev–Trinajstić information content (AvgIpc) is 3.12. The Labute approximate surface area is 176 Å². The van der Waals surface area contributed by atoms with Gasteiger partial charge in [0.05, 0.1) is 15.2 Å². The Bertz CT molecular complexity index is 1200. The lowest BCUT2D eigenvalue weighted by Gasteiger charge is -2.07. The second-order valence-electron chi connectivity index (χ2n) is 6.00. The number of amides is 1. The third-order valence-electron chi connectivity index (χ3n) is 3.90. The molecular formula is C18H13F3N4O5S. The normalized spacial score (nSPS) is 10.7. The van der Waals surface area contributed by atoms with Crippen LogP contribution in [0.15, 0.2) is 24.3 Å². The molecule has 0 spiro atoms. The van der Waals surface area contributed by atoms with Crippen molar-refractivity contribution in [3.8, 4) is 0 Å². The highest BCUT2D eigenvalue weighted by Gasteiger charge is 2.20. The summed E-state index contributed by atoms with van der Waals surface area (Å²) in [5.41, 5.74) is -0.715. The van der Waals surface area contributed by atoms with Crippen molar-refractivity contribution in [3.05, 3.63) is 57.4 Å². The SMILES string of the molecule is CCNc1ccc(C(=O)OCC(=O)Nc2nc3c(F)c(F)c(F)cc3s2)cc1[N+](=O)[O-]. The smallest absolute Gasteiger partial charge is 0.338 e. The van der Waals surface area contributed by atoms with Crippen molar-refractivity contribution in [2.24, 2.45) is 0 Å². The van der Waals surface area contributed by atoms with Crippen LogP contribution in [-0.2, 0) is 9.53 Å². The lowest BCUT2D eigenvalue weighted by molar-refractivity contribution is -0.384. The summed E-state index contributed by atoms with van der Waals surface area (Å²) in [6.07, 6.45) is 0. The van der Waals surface area contributed by atoms with Crippen LogP contribution >= 0.6 is 11.3 Å². The fourth-order valence-electron chi connectivity index (χ4n) is 2.55. The molecule has 2 aromatic carbocycles. The van der Waals surface area contributed by atoms with Crippen LogP contribution in [0, 0.1) is 27.6 Å². The van der Waals surface area contributed by atoms with E-state index in [2.05, 4.69) is 15.6 Å². The molecule has 0 aliphatic rings. The largest absolute Gasteiger partial charge is 0.452 e. The molecule has 1 aromatic heterocycles. The first-order valence-corrected chi connectivity index (χ1v) is 9.46. The van der Waals surface area contributed by atoms with Crippen LogP contribution in [0.4, 0.5) is 29.7 Å². The molecule has 0 aliphatic carbocycles. The van der Waals surface area contributed by atoms with Gasteiger partial charge in [-0.05, 0) is 25.1 Å². The number of halogens is 3. The first-order chi connectivity index (χ1) is 14.7. The van der Waals surface area contributed by atoms with Crippen molar-refractivity contribution in [2.75, 3.05) is 23.8 Å². The molecule has 0 fully saturated rings. The minimum absolute atomic E-state index is 0.0308. The molecule has 13 heteroatoms. The number of ether oxygens (including phenoxy) is 1. The second-order valence-corrected chi connectivity index (χ2v) is 7.03. The number of esters is 1. The lowest BCUT2D eigenvalue weighted by atomic mass is 10.1. The number of nitrogens with zero attached hydrogens (tertiary/aromatic N) is 2. The van der Waals surface area contributed by atoms with E-state index in [1.54, 1.807) is 6.92 Å². The van der Waals surface area contributed by atoms with Crippen LogP contribution in [0.3, 0.4) is 0 Å². The van der Waals surface area contributed by atoms with E-state index in [9.17, 15) is 32.9 Å². The van der Waals surface area contributed by atoms with Crippen LogP contribution < -0.4 is 10.6 Å². The van der Waals surface area contributed by atoms with Gasteiger partial charge >= 0.3 is 5.97 Å². The monoisotopic (exact) mass is 454 g/mol. The zero-order valence-corrected chi connectivity index (χ0v) is 16.5. The van der Waals surface area contributed by atoms with Crippen LogP contribution in [-0.4, -0.2) is 34.9 Å². The highest BCUT2D eigenvalue weighted by molar-refractivity contribution is 7.22. The summed E-state index contributed by atoms with van der Waals surface area (Å²) in [5.74, 6) is -6.40. The minimum Gasteiger partial charge on any atom is -0.452 e. The number of benzene rings is 2. The third-order valence-corrected chi connectivity index (χ3v) is 4.82. The number of nitro benzene ring substituents is 1. The molecule has 9 nitrogen and oxygen atoms in total. The number of carbonyl (C=O) groups is 2. The summed E-state index contributed by atoms with van der Waals surface area (Å²) in [6.45, 7) is 1.40. The maximum atomic E-state index is 13.7. The average molecular weight is 454 g/mol. The van der Waals surface area contributed by atoms with E-state index in [1.165, 1.54) is 12.1 Å². The van der Waals surface area contributed by atoms with Gasteiger partial charge in [-0.3, -0.25) is 20.2 Å². The summed E-state index contributed by atoms with van der Waals surface area (Å²) >= 11 is 0.693. The zero-order valence-electron chi connectivity index (χ0n) is 15.7. The Morgan fingerprint density at radius 3 is 2.65 bits per heavy atom. The van der Waals surface area contributed by atoms with Crippen LogP contribution in [0.2, 0.25) is 0 Å². The topological polar surface area (TPSA) is 123 Å². The van der Waals surface area contributed by atoms with Gasteiger partial charge in [0.2, 0.25) is 0 Å². The standard InChI is InChI=1S/C18H13F3N4O5S/c1-2-22-10-4-3-8(5-11(10)25(28)29)17(27)30-7-13(26)23-18-24-16-12(31-18)6-9(19)14(20)15(16)21/h3-6,22H,2,7H2,1H3,(H,23,24,26). The summed E-state index contributed by atoms with van der Waals surface area (Å²) in [7, 11) is 0.